The van der Waals surface area contributed by atoms with Gasteiger partial charge in [0.2, 0.25) is 10.0 Å². The molecule has 1 amide bonds. The number of nitriles is 1. The predicted molar refractivity (Wildman–Crippen MR) is 130 cm³/mol. The fourth-order valence-electron chi connectivity index (χ4n) is 4.51. The first kappa shape index (κ1) is 25.1. The van der Waals surface area contributed by atoms with E-state index >= 15 is 0 Å². The molecule has 4 N–H and O–H groups in total. The summed E-state index contributed by atoms with van der Waals surface area (Å²) in [5.74, 6) is -0.525. The van der Waals surface area contributed by atoms with Gasteiger partial charge in [-0.2, -0.15) is 10.4 Å². The van der Waals surface area contributed by atoms with Crippen molar-refractivity contribution in [3.63, 3.8) is 0 Å². The fourth-order valence-corrected chi connectivity index (χ4v) is 5.53. The molecule has 2 atom stereocenters. The lowest BCUT2D eigenvalue weighted by molar-refractivity contribution is 0.0390. The highest BCUT2D eigenvalue weighted by Gasteiger charge is 2.29. The number of primary amides is 1. The molecule has 4 rings (SSSR count). The number of aromatic nitrogens is 2. The molecule has 35 heavy (non-hydrogen) atoms. The highest BCUT2D eigenvalue weighted by Crippen LogP contribution is 2.34. The number of morpholine rings is 1. The van der Waals surface area contributed by atoms with Gasteiger partial charge in [0.15, 0.2) is 5.82 Å². The molecule has 2 unspecified atom stereocenters. The number of benzene rings is 1. The summed E-state index contributed by atoms with van der Waals surface area (Å²) in [4.78, 5) is 14.3. The first-order valence-corrected chi connectivity index (χ1v) is 13.3. The van der Waals surface area contributed by atoms with Gasteiger partial charge in [0, 0.05) is 38.1 Å². The van der Waals surface area contributed by atoms with Crippen LogP contribution in [0.15, 0.2) is 35.4 Å². The molecule has 188 valence electrons. The molecule has 12 heteroatoms. The zero-order valence-electron chi connectivity index (χ0n) is 19.5. The second-order valence-corrected chi connectivity index (χ2v) is 10.6. The summed E-state index contributed by atoms with van der Waals surface area (Å²) in [6, 6.07) is 8.44. The van der Waals surface area contributed by atoms with Crippen LogP contribution in [0.4, 0.5) is 11.5 Å². The third kappa shape index (κ3) is 6.18. The minimum Gasteiger partial charge on any atom is -0.379 e. The molecule has 0 spiro atoms. The predicted octanol–water partition coefficient (Wildman–Crippen LogP) is 1.59. The highest BCUT2D eigenvalue weighted by atomic mass is 32.2. The minimum atomic E-state index is -3.65. The van der Waals surface area contributed by atoms with Gasteiger partial charge < -0.3 is 15.8 Å². The Bertz CT molecular complexity index is 1170. The highest BCUT2D eigenvalue weighted by molar-refractivity contribution is 7.89. The van der Waals surface area contributed by atoms with Gasteiger partial charge in [-0.25, -0.2) is 13.1 Å². The van der Waals surface area contributed by atoms with Crippen molar-refractivity contribution >= 4 is 27.4 Å². The van der Waals surface area contributed by atoms with Crippen molar-refractivity contribution in [3.05, 3.63) is 36.0 Å². The lowest BCUT2D eigenvalue weighted by atomic mass is 9.85. The van der Waals surface area contributed by atoms with Crippen LogP contribution in [0.1, 0.15) is 42.1 Å². The van der Waals surface area contributed by atoms with Gasteiger partial charge in [-0.05, 0) is 37.1 Å². The van der Waals surface area contributed by atoms with E-state index in [0.717, 1.165) is 38.8 Å². The maximum absolute atomic E-state index is 12.6. The molecule has 2 aliphatic rings. The maximum Gasteiger partial charge on any atom is 0.254 e. The summed E-state index contributed by atoms with van der Waals surface area (Å²) >= 11 is 0. The Kier molecular flexibility index (Phi) is 8.02. The van der Waals surface area contributed by atoms with Crippen LogP contribution in [-0.4, -0.2) is 68.4 Å². The van der Waals surface area contributed by atoms with Gasteiger partial charge in [0.25, 0.3) is 5.91 Å². The average Bonchev–Trinajstić information content (AvgIpc) is 3.29. The van der Waals surface area contributed by atoms with Crippen molar-refractivity contribution in [2.75, 3.05) is 44.7 Å². The molecule has 1 saturated heterocycles. The van der Waals surface area contributed by atoms with E-state index in [2.05, 4.69) is 26.1 Å². The Morgan fingerprint density at radius 2 is 1.91 bits per heavy atom. The third-order valence-corrected chi connectivity index (χ3v) is 7.96. The number of rotatable bonds is 9. The van der Waals surface area contributed by atoms with E-state index in [4.69, 9.17) is 10.5 Å². The van der Waals surface area contributed by atoms with Crippen LogP contribution in [0.3, 0.4) is 0 Å². The quantitative estimate of drug-likeness (QED) is 0.468. The number of carbonyl (C=O) groups excluding carboxylic acids is 1. The van der Waals surface area contributed by atoms with E-state index in [0.29, 0.717) is 32.0 Å². The number of nitrogens with two attached hydrogens (primary N) is 1. The van der Waals surface area contributed by atoms with Gasteiger partial charge in [-0.15, -0.1) is 0 Å². The number of nitrogens with zero attached hydrogens (tertiary/aromatic N) is 4. The van der Waals surface area contributed by atoms with Crippen molar-refractivity contribution in [1.29, 1.82) is 5.26 Å². The second kappa shape index (κ2) is 11.2. The average molecular weight is 502 g/mol. The maximum atomic E-state index is 12.6. The fraction of sp³-hybridized carbons (Fsp3) is 0.522. The lowest BCUT2D eigenvalue weighted by Gasteiger charge is -2.26. The number of hydrogen-bond acceptors (Lipinski definition) is 8. The van der Waals surface area contributed by atoms with Gasteiger partial charge in [-0.1, -0.05) is 12.8 Å². The Hall–Kier alpha value is -2.98. The monoisotopic (exact) mass is 501 g/mol. The van der Waals surface area contributed by atoms with Gasteiger partial charge in [-0.3, -0.25) is 14.4 Å². The Morgan fingerprint density at radius 3 is 2.60 bits per heavy atom. The summed E-state index contributed by atoms with van der Waals surface area (Å²) in [5, 5.41) is 17.1. The summed E-state index contributed by atoms with van der Waals surface area (Å²) in [6.45, 7) is 3.85. The SMILES string of the molecule is N#CC1CCCCC1n1cc(C(N)=O)c(Nc2ccc(S(=O)(=O)NCCN3CCOCC3)cc2)n1. The first-order valence-electron chi connectivity index (χ1n) is 11.8. The van der Waals surface area contributed by atoms with Gasteiger partial charge >= 0.3 is 0 Å². The molecule has 1 saturated carbocycles. The number of carbonyl (C=O) groups is 1. The first-order chi connectivity index (χ1) is 16.9. The smallest absolute Gasteiger partial charge is 0.254 e. The van der Waals surface area contributed by atoms with Gasteiger partial charge in [0.1, 0.15) is 5.56 Å². The lowest BCUT2D eigenvalue weighted by Crippen LogP contribution is -2.41. The van der Waals surface area contributed by atoms with E-state index in [9.17, 15) is 18.5 Å². The van der Waals surface area contributed by atoms with E-state index in [1.165, 1.54) is 12.1 Å². The molecule has 1 aliphatic heterocycles. The molecular formula is C23H31N7O4S. The molecule has 0 bridgehead atoms. The Labute approximate surface area is 205 Å². The summed E-state index contributed by atoms with van der Waals surface area (Å²) < 4.78 is 34.9. The van der Waals surface area contributed by atoms with Crippen molar-refractivity contribution < 1.29 is 17.9 Å². The van der Waals surface area contributed by atoms with Gasteiger partial charge in [0.05, 0.1) is 36.1 Å². The summed E-state index contributed by atoms with van der Waals surface area (Å²) in [5.41, 5.74) is 6.34. The molecule has 11 nitrogen and oxygen atoms in total. The molecule has 0 radical (unpaired) electrons. The molecule has 1 aromatic heterocycles. The van der Waals surface area contributed by atoms with E-state index in [1.807, 2.05) is 0 Å². The molecule has 1 aliphatic carbocycles. The summed E-state index contributed by atoms with van der Waals surface area (Å²) in [7, 11) is -3.65. The molecule has 1 aromatic carbocycles. The topological polar surface area (TPSA) is 155 Å². The second-order valence-electron chi connectivity index (χ2n) is 8.82. The zero-order valence-corrected chi connectivity index (χ0v) is 20.3. The van der Waals surface area contributed by atoms with Crippen molar-refractivity contribution in [1.82, 2.24) is 19.4 Å². The van der Waals surface area contributed by atoms with Crippen molar-refractivity contribution in [2.45, 2.75) is 36.6 Å². The molecular weight excluding hydrogens is 470 g/mol. The normalized spacial score (nSPS) is 21.3. The van der Waals surface area contributed by atoms with Crippen LogP contribution < -0.4 is 15.8 Å². The van der Waals surface area contributed by atoms with E-state index in [1.54, 1.807) is 23.0 Å². The number of amides is 1. The van der Waals surface area contributed by atoms with Crippen LogP contribution >= 0.6 is 0 Å². The number of ether oxygens (including phenoxy) is 1. The largest absolute Gasteiger partial charge is 0.379 e. The van der Waals surface area contributed by atoms with Crippen LogP contribution in [0.5, 0.6) is 0 Å². The minimum absolute atomic E-state index is 0.113. The Balaban J connectivity index is 1.42. The van der Waals surface area contributed by atoms with Crippen LogP contribution in [0, 0.1) is 17.2 Å². The number of hydrogen-bond donors (Lipinski definition) is 3. The van der Waals surface area contributed by atoms with Crippen LogP contribution in [-0.2, 0) is 14.8 Å². The number of sulfonamides is 1. The standard InChI is InChI=1S/C23H31N7O4S/c24-15-17-3-1-2-4-21(17)30-16-20(22(25)31)23(28-30)27-18-5-7-19(8-6-18)35(32,33)26-9-10-29-11-13-34-14-12-29/h5-8,16-17,21,26H,1-4,9-14H2,(H2,25,31)(H,27,28). The summed E-state index contributed by atoms with van der Waals surface area (Å²) in [6.07, 6.45) is 5.19. The third-order valence-electron chi connectivity index (χ3n) is 6.48. The Morgan fingerprint density at radius 1 is 1.20 bits per heavy atom. The van der Waals surface area contributed by atoms with E-state index < -0.39 is 15.9 Å². The van der Waals surface area contributed by atoms with Crippen LogP contribution in [0.2, 0.25) is 0 Å². The van der Waals surface area contributed by atoms with Crippen molar-refractivity contribution in [2.24, 2.45) is 11.7 Å². The van der Waals surface area contributed by atoms with E-state index in [-0.39, 0.29) is 28.2 Å². The van der Waals surface area contributed by atoms with Crippen LogP contribution in [0.25, 0.3) is 0 Å². The molecule has 2 aromatic rings. The molecule has 2 heterocycles. The molecule has 2 fully saturated rings. The number of anilines is 2. The zero-order chi connectivity index (χ0) is 24.8. The van der Waals surface area contributed by atoms with Crippen molar-refractivity contribution in [3.8, 4) is 6.07 Å². The number of nitrogens with one attached hydrogen (secondary N) is 2.